The molecule has 2 aromatic heterocycles. The van der Waals surface area contributed by atoms with Gasteiger partial charge < -0.3 is 20.5 Å². The molecule has 2 heterocycles. The number of methoxy groups -OCH3 is 1. The van der Waals surface area contributed by atoms with E-state index in [1.165, 1.54) is 0 Å². The molecule has 1 atom stereocenters. The van der Waals surface area contributed by atoms with Gasteiger partial charge in [0.1, 0.15) is 11.6 Å². The van der Waals surface area contributed by atoms with Gasteiger partial charge in [0.15, 0.2) is 0 Å². The van der Waals surface area contributed by atoms with Gasteiger partial charge in [-0.2, -0.15) is 5.21 Å². The van der Waals surface area contributed by atoms with Crippen molar-refractivity contribution in [1.82, 2.24) is 30.9 Å². The van der Waals surface area contributed by atoms with Crippen LogP contribution in [0.2, 0.25) is 0 Å². The Morgan fingerprint density at radius 3 is 2.19 bits per heavy atom. The predicted molar refractivity (Wildman–Crippen MR) is 180 cm³/mol. The second kappa shape index (κ2) is 15.1. The molecule has 0 saturated heterocycles. The summed E-state index contributed by atoms with van der Waals surface area (Å²) in [6.45, 7) is 5.94. The monoisotopic (exact) mass is 654 g/mol. The van der Waals surface area contributed by atoms with Crippen LogP contribution in [-0.4, -0.2) is 68.8 Å². The van der Waals surface area contributed by atoms with Crippen molar-refractivity contribution in [3.8, 4) is 28.4 Å². The summed E-state index contributed by atoms with van der Waals surface area (Å²) >= 11 is 0. The van der Waals surface area contributed by atoms with Crippen molar-refractivity contribution in [2.45, 2.75) is 64.5 Å². The van der Waals surface area contributed by atoms with Gasteiger partial charge in [-0.25, -0.2) is 9.78 Å². The topological polar surface area (TPSA) is 178 Å². The number of alkyl carbamates (subject to hydrolysis) is 1. The number of H-pyrrole nitrogens is 1. The molecule has 5 rings (SSSR count). The van der Waals surface area contributed by atoms with E-state index in [2.05, 4.69) is 30.9 Å². The van der Waals surface area contributed by atoms with Crippen molar-refractivity contribution in [2.75, 3.05) is 18.6 Å². The Balaban J connectivity index is 1.34. The molecule has 0 bridgehead atoms. The maximum atomic E-state index is 14.3. The first-order valence-corrected chi connectivity index (χ1v) is 16.0. The molecule has 252 valence electrons. The van der Waals surface area contributed by atoms with E-state index in [1.54, 1.807) is 48.5 Å². The molecule has 1 aliphatic rings. The Morgan fingerprint density at radius 2 is 1.62 bits per heavy atom. The number of pyridine rings is 1. The van der Waals surface area contributed by atoms with Gasteiger partial charge in [-0.3, -0.25) is 14.5 Å². The number of carbonyl (C=O) groups is 3. The van der Waals surface area contributed by atoms with Gasteiger partial charge in [0, 0.05) is 48.0 Å². The number of benzene rings is 2. The van der Waals surface area contributed by atoms with E-state index >= 15 is 0 Å². The van der Waals surface area contributed by atoms with Crippen molar-refractivity contribution >= 4 is 23.6 Å². The Bertz CT molecular complexity index is 1660. The zero-order valence-corrected chi connectivity index (χ0v) is 27.7. The van der Waals surface area contributed by atoms with E-state index in [-0.39, 0.29) is 24.2 Å². The Morgan fingerprint density at radius 1 is 0.958 bits per heavy atom. The van der Waals surface area contributed by atoms with Crippen LogP contribution in [0.3, 0.4) is 0 Å². The summed E-state index contributed by atoms with van der Waals surface area (Å²) < 4.78 is 10.5. The maximum Gasteiger partial charge on any atom is 0.407 e. The molecule has 0 radical (unpaired) electrons. The number of primary amides is 1. The van der Waals surface area contributed by atoms with Crippen LogP contribution in [0.25, 0.3) is 22.5 Å². The summed E-state index contributed by atoms with van der Waals surface area (Å²) in [5, 5.41) is 17.0. The van der Waals surface area contributed by atoms with Crippen LogP contribution in [0.4, 0.5) is 10.5 Å². The second-order valence-corrected chi connectivity index (χ2v) is 13.0. The highest BCUT2D eigenvalue weighted by atomic mass is 16.6. The first-order chi connectivity index (χ1) is 23.0. The summed E-state index contributed by atoms with van der Waals surface area (Å²) in [5.74, 6) is 0.0778. The lowest BCUT2D eigenvalue weighted by atomic mass is 9.81. The summed E-state index contributed by atoms with van der Waals surface area (Å²) in [5.41, 5.74) is 9.44. The van der Waals surface area contributed by atoms with Crippen LogP contribution in [0.1, 0.15) is 52.0 Å². The van der Waals surface area contributed by atoms with E-state index in [9.17, 15) is 14.4 Å². The average molecular weight is 655 g/mol. The van der Waals surface area contributed by atoms with Crippen LogP contribution in [0.15, 0.2) is 66.9 Å². The van der Waals surface area contributed by atoms with Crippen molar-refractivity contribution in [1.29, 1.82) is 0 Å². The molecule has 1 saturated carbocycles. The lowest BCUT2D eigenvalue weighted by Crippen LogP contribution is -2.52. The first-order valence-electron chi connectivity index (χ1n) is 16.0. The summed E-state index contributed by atoms with van der Waals surface area (Å²) in [4.78, 5) is 45.5. The van der Waals surface area contributed by atoms with Crippen LogP contribution in [0.5, 0.6) is 5.88 Å². The minimum atomic E-state index is -0.936. The number of hydrogen-bond acceptors (Lipinski definition) is 9. The van der Waals surface area contributed by atoms with Crippen LogP contribution < -0.4 is 20.7 Å². The van der Waals surface area contributed by atoms with Crippen molar-refractivity contribution < 1.29 is 23.9 Å². The molecular weight excluding hydrogens is 612 g/mol. The minimum absolute atomic E-state index is 0.161. The molecule has 0 aliphatic heterocycles. The number of aromatic nitrogens is 5. The van der Waals surface area contributed by atoms with Crippen LogP contribution in [-0.2, 0) is 20.7 Å². The Hall–Kier alpha value is -5.33. The number of ether oxygens (including phenoxy) is 2. The van der Waals surface area contributed by atoms with Gasteiger partial charge in [0.2, 0.25) is 23.5 Å². The van der Waals surface area contributed by atoms with Gasteiger partial charge in [-0.05, 0) is 99.0 Å². The third-order valence-electron chi connectivity index (χ3n) is 8.42. The van der Waals surface area contributed by atoms with Gasteiger partial charge in [0.05, 0.1) is 7.11 Å². The smallest absolute Gasteiger partial charge is 0.407 e. The molecular formula is C35H42N8O5. The summed E-state index contributed by atoms with van der Waals surface area (Å²) in [7, 11) is 1.57. The van der Waals surface area contributed by atoms with Gasteiger partial charge >= 0.3 is 6.09 Å². The molecule has 0 unspecified atom stereocenters. The standard InChI is InChI=1S/C35H42N8O5/c1-35(2,3)48-34(46)38-20-23-7-11-26(12-8-23)33(45)43(28-16-13-25(14-17-28)32-39-41-42-40-32)29(31(36)44)19-22-5-9-24(10-6-22)27-15-18-30(47-4)37-21-27/h5-6,9-10,13-18,21,23,26,29H,7-8,11-12,19-20H2,1-4H3,(H2,36,44)(H,38,46)(H,39,40,41,42)/t23-,26-,29-/m0/s1. The lowest BCUT2D eigenvalue weighted by molar-refractivity contribution is -0.127. The number of hydrogen-bond donors (Lipinski definition) is 3. The average Bonchev–Trinajstić information content (AvgIpc) is 3.62. The molecule has 1 fully saturated rings. The number of nitrogens with two attached hydrogens (primary N) is 1. The Kier molecular flexibility index (Phi) is 10.7. The zero-order chi connectivity index (χ0) is 34.3. The van der Waals surface area contributed by atoms with E-state index in [1.807, 2.05) is 51.1 Å². The largest absolute Gasteiger partial charge is 0.481 e. The lowest BCUT2D eigenvalue weighted by Gasteiger charge is -2.36. The summed E-state index contributed by atoms with van der Waals surface area (Å²) in [6.07, 6.45) is 4.25. The highest BCUT2D eigenvalue weighted by molar-refractivity contribution is 6.01. The molecule has 3 amide bonds. The number of amides is 3. The van der Waals surface area contributed by atoms with Crippen molar-refractivity contribution in [2.24, 2.45) is 17.6 Å². The third kappa shape index (κ3) is 8.72. The van der Waals surface area contributed by atoms with Gasteiger partial charge in [-0.15, -0.1) is 10.2 Å². The van der Waals surface area contributed by atoms with Crippen molar-refractivity contribution in [3.63, 3.8) is 0 Å². The molecule has 48 heavy (non-hydrogen) atoms. The van der Waals surface area contributed by atoms with Crippen molar-refractivity contribution in [3.05, 3.63) is 72.4 Å². The van der Waals surface area contributed by atoms with E-state index < -0.39 is 23.6 Å². The SMILES string of the molecule is COc1ccc(-c2ccc(C[C@@H](C(N)=O)N(c3ccc(-c4nn[nH]n4)cc3)C(=O)[C@H]3CC[C@H](CNC(=O)OC(C)(C)C)CC3)cc2)cn1. The third-order valence-corrected chi connectivity index (χ3v) is 8.42. The second-order valence-electron chi connectivity index (χ2n) is 13.0. The zero-order valence-electron chi connectivity index (χ0n) is 27.7. The fourth-order valence-corrected chi connectivity index (χ4v) is 5.92. The van der Waals surface area contributed by atoms with Gasteiger partial charge in [0.25, 0.3) is 0 Å². The molecule has 1 aliphatic carbocycles. The number of nitrogens with one attached hydrogen (secondary N) is 2. The summed E-state index contributed by atoms with van der Waals surface area (Å²) in [6, 6.07) is 17.7. The number of aromatic amines is 1. The Labute approximate surface area is 279 Å². The number of nitrogens with zero attached hydrogens (tertiary/aromatic N) is 5. The number of carbonyl (C=O) groups excluding carboxylic acids is 3. The first kappa shape index (κ1) is 34.0. The minimum Gasteiger partial charge on any atom is -0.481 e. The molecule has 4 N–H and O–H groups in total. The normalized spacial score (nSPS) is 16.8. The van der Waals surface area contributed by atoms with Gasteiger partial charge in [-0.1, -0.05) is 24.3 Å². The van der Waals surface area contributed by atoms with Crippen LogP contribution >= 0.6 is 0 Å². The van der Waals surface area contributed by atoms with E-state index in [0.29, 0.717) is 42.3 Å². The fourth-order valence-electron chi connectivity index (χ4n) is 5.92. The molecule has 0 spiro atoms. The number of rotatable bonds is 11. The number of tetrazole rings is 1. The number of anilines is 1. The molecule has 2 aromatic carbocycles. The quantitative estimate of drug-likeness (QED) is 0.207. The predicted octanol–water partition coefficient (Wildman–Crippen LogP) is 4.70. The molecule has 13 nitrogen and oxygen atoms in total. The highest BCUT2D eigenvalue weighted by Crippen LogP contribution is 2.33. The molecule has 13 heteroatoms. The maximum absolute atomic E-state index is 14.3. The van der Waals surface area contributed by atoms with Crippen LogP contribution in [0, 0.1) is 11.8 Å². The highest BCUT2D eigenvalue weighted by Gasteiger charge is 2.36. The van der Waals surface area contributed by atoms with E-state index in [0.717, 1.165) is 29.5 Å². The fraction of sp³-hybridized carbons (Fsp3) is 0.400. The van der Waals surface area contributed by atoms with E-state index in [4.69, 9.17) is 15.2 Å². The molecule has 4 aromatic rings.